The van der Waals surface area contributed by atoms with E-state index in [4.69, 9.17) is 0 Å². The highest BCUT2D eigenvalue weighted by molar-refractivity contribution is 5.14. The van der Waals surface area contributed by atoms with E-state index in [0.29, 0.717) is 5.92 Å². The minimum Gasteiger partial charge on any atom is -0.300 e. The molecule has 0 bridgehead atoms. The van der Waals surface area contributed by atoms with Gasteiger partial charge in [-0.25, -0.2) is 0 Å². The third-order valence-electron chi connectivity index (χ3n) is 5.45. The minimum absolute atomic E-state index is 0.225. The summed E-state index contributed by atoms with van der Waals surface area (Å²) in [5.41, 5.74) is -0.225. The van der Waals surface area contributed by atoms with E-state index in [1.807, 2.05) is 0 Å². The van der Waals surface area contributed by atoms with Crippen molar-refractivity contribution < 1.29 is 0 Å². The van der Waals surface area contributed by atoms with Crippen LogP contribution < -0.4 is 5.32 Å². The van der Waals surface area contributed by atoms with Crippen LogP contribution in [0.2, 0.25) is 0 Å². The van der Waals surface area contributed by atoms with Crippen LogP contribution in [0.1, 0.15) is 65.2 Å². The standard InChI is InChI=1S/C17H31N3/c1-3-11-19-17(14-18)10-5-7-15(17)9-13-20-12-6-8-16(20)4-2/h15-16,19H,3-13H2,1-2H3. The first-order valence-corrected chi connectivity index (χ1v) is 8.66. The summed E-state index contributed by atoms with van der Waals surface area (Å²) >= 11 is 0. The van der Waals surface area contributed by atoms with Gasteiger partial charge in [0.25, 0.3) is 0 Å². The van der Waals surface area contributed by atoms with Gasteiger partial charge in [-0.1, -0.05) is 20.3 Å². The fourth-order valence-electron chi connectivity index (χ4n) is 4.21. The maximum absolute atomic E-state index is 9.68. The molecule has 3 heteroatoms. The smallest absolute Gasteiger partial charge is 0.109 e. The van der Waals surface area contributed by atoms with E-state index in [9.17, 15) is 5.26 Å². The molecule has 2 rings (SSSR count). The van der Waals surface area contributed by atoms with E-state index < -0.39 is 0 Å². The zero-order chi connectivity index (χ0) is 14.4. The lowest BCUT2D eigenvalue weighted by molar-refractivity contribution is 0.207. The molecule has 0 aromatic heterocycles. The van der Waals surface area contributed by atoms with E-state index in [0.717, 1.165) is 25.4 Å². The van der Waals surface area contributed by atoms with Crippen LogP contribution in [0.15, 0.2) is 0 Å². The Morgan fingerprint density at radius 1 is 1.30 bits per heavy atom. The van der Waals surface area contributed by atoms with Crippen LogP contribution in [0.25, 0.3) is 0 Å². The van der Waals surface area contributed by atoms with Crippen molar-refractivity contribution in [1.29, 1.82) is 5.26 Å². The molecule has 114 valence electrons. The van der Waals surface area contributed by atoms with Crippen LogP contribution >= 0.6 is 0 Å². The van der Waals surface area contributed by atoms with Crippen LogP contribution in [-0.4, -0.2) is 36.1 Å². The molecule has 1 heterocycles. The van der Waals surface area contributed by atoms with Crippen LogP contribution in [0.5, 0.6) is 0 Å². The van der Waals surface area contributed by atoms with E-state index in [2.05, 4.69) is 30.1 Å². The van der Waals surface area contributed by atoms with Crippen molar-refractivity contribution in [2.45, 2.75) is 76.8 Å². The maximum atomic E-state index is 9.68. The molecule has 20 heavy (non-hydrogen) atoms. The SMILES string of the molecule is CCCNC1(C#N)CCCC1CCN1CCCC1CC. The molecule has 1 saturated heterocycles. The number of hydrogen-bond acceptors (Lipinski definition) is 3. The van der Waals surface area contributed by atoms with Gasteiger partial charge in [-0.3, -0.25) is 5.32 Å². The molecule has 0 aromatic carbocycles. The minimum atomic E-state index is -0.225. The second kappa shape index (κ2) is 7.43. The molecule has 3 unspecified atom stereocenters. The Labute approximate surface area is 124 Å². The summed E-state index contributed by atoms with van der Waals surface area (Å²) in [6.07, 6.45) is 9.81. The van der Waals surface area contributed by atoms with E-state index >= 15 is 0 Å². The summed E-state index contributed by atoms with van der Waals surface area (Å²) in [4.78, 5) is 2.67. The number of nitrogens with zero attached hydrogens (tertiary/aromatic N) is 2. The number of rotatable bonds is 7. The highest BCUT2D eigenvalue weighted by atomic mass is 15.2. The largest absolute Gasteiger partial charge is 0.300 e. The average molecular weight is 277 g/mol. The molecule has 0 radical (unpaired) electrons. The Morgan fingerprint density at radius 2 is 2.15 bits per heavy atom. The lowest BCUT2D eigenvalue weighted by Crippen LogP contribution is -2.48. The van der Waals surface area contributed by atoms with Crippen LogP contribution in [0.4, 0.5) is 0 Å². The normalized spacial score (nSPS) is 34.5. The Morgan fingerprint density at radius 3 is 2.85 bits per heavy atom. The van der Waals surface area contributed by atoms with Crippen LogP contribution in [0, 0.1) is 17.2 Å². The summed E-state index contributed by atoms with van der Waals surface area (Å²) in [7, 11) is 0. The second-order valence-electron chi connectivity index (χ2n) is 6.63. The maximum Gasteiger partial charge on any atom is 0.109 e. The molecule has 1 aliphatic carbocycles. The molecule has 2 aliphatic rings. The summed E-state index contributed by atoms with van der Waals surface area (Å²) in [5, 5.41) is 13.2. The molecule has 3 nitrogen and oxygen atoms in total. The average Bonchev–Trinajstić information content (AvgIpc) is 3.09. The third-order valence-corrected chi connectivity index (χ3v) is 5.45. The number of hydrogen-bond donors (Lipinski definition) is 1. The zero-order valence-corrected chi connectivity index (χ0v) is 13.3. The van der Waals surface area contributed by atoms with Crippen molar-refractivity contribution in [3.05, 3.63) is 0 Å². The molecule has 2 fully saturated rings. The fourth-order valence-corrected chi connectivity index (χ4v) is 4.21. The second-order valence-corrected chi connectivity index (χ2v) is 6.63. The Balaban J connectivity index is 1.89. The van der Waals surface area contributed by atoms with Gasteiger partial charge in [-0.05, 0) is 70.5 Å². The third kappa shape index (κ3) is 3.35. The predicted octanol–water partition coefficient (Wildman–Crippen LogP) is 3.31. The van der Waals surface area contributed by atoms with Gasteiger partial charge in [-0.2, -0.15) is 5.26 Å². The van der Waals surface area contributed by atoms with Gasteiger partial charge in [0, 0.05) is 6.04 Å². The molecule has 1 aliphatic heterocycles. The van der Waals surface area contributed by atoms with Gasteiger partial charge >= 0.3 is 0 Å². The number of nitrogens with one attached hydrogen (secondary N) is 1. The van der Waals surface area contributed by atoms with Gasteiger partial charge < -0.3 is 4.90 Å². The topological polar surface area (TPSA) is 39.1 Å². The van der Waals surface area contributed by atoms with Gasteiger partial charge in [0.15, 0.2) is 0 Å². The molecule has 0 amide bonds. The van der Waals surface area contributed by atoms with Crippen molar-refractivity contribution in [2.75, 3.05) is 19.6 Å². The molecular formula is C17H31N3. The lowest BCUT2D eigenvalue weighted by atomic mass is 9.85. The van der Waals surface area contributed by atoms with E-state index in [1.165, 1.54) is 51.6 Å². The Hall–Kier alpha value is -0.590. The first kappa shape index (κ1) is 15.8. The highest BCUT2D eigenvalue weighted by Crippen LogP contribution is 2.38. The van der Waals surface area contributed by atoms with E-state index in [1.54, 1.807) is 0 Å². The van der Waals surface area contributed by atoms with Gasteiger partial charge in [0.1, 0.15) is 5.54 Å². The molecule has 3 atom stereocenters. The molecule has 1 N–H and O–H groups in total. The Kier molecular flexibility index (Phi) is 5.86. The van der Waals surface area contributed by atoms with Crippen molar-refractivity contribution in [3.63, 3.8) is 0 Å². The first-order valence-electron chi connectivity index (χ1n) is 8.66. The van der Waals surface area contributed by atoms with Crippen molar-refractivity contribution in [1.82, 2.24) is 10.2 Å². The molecule has 0 spiro atoms. The van der Waals surface area contributed by atoms with Crippen molar-refractivity contribution in [3.8, 4) is 6.07 Å². The quantitative estimate of drug-likeness (QED) is 0.776. The molecular weight excluding hydrogens is 246 g/mol. The van der Waals surface area contributed by atoms with Crippen molar-refractivity contribution in [2.24, 2.45) is 5.92 Å². The predicted molar refractivity (Wildman–Crippen MR) is 83.5 cm³/mol. The number of likely N-dealkylation sites (tertiary alicyclic amines) is 1. The monoisotopic (exact) mass is 277 g/mol. The summed E-state index contributed by atoms with van der Waals surface area (Å²) < 4.78 is 0. The molecule has 1 saturated carbocycles. The van der Waals surface area contributed by atoms with Crippen molar-refractivity contribution >= 4 is 0 Å². The zero-order valence-electron chi connectivity index (χ0n) is 13.3. The lowest BCUT2D eigenvalue weighted by Gasteiger charge is -2.32. The van der Waals surface area contributed by atoms with Gasteiger partial charge in [0.05, 0.1) is 6.07 Å². The molecule has 0 aromatic rings. The summed E-state index contributed by atoms with van der Waals surface area (Å²) in [6.45, 7) is 7.93. The van der Waals surface area contributed by atoms with Crippen LogP contribution in [0.3, 0.4) is 0 Å². The summed E-state index contributed by atoms with van der Waals surface area (Å²) in [5.74, 6) is 0.553. The van der Waals surface area contributed by atoms with E-state index in [-0.39, 0.29) is 5.54 Å². The first-order chi connectivity index (χ1) is 9.75. The van der Waals surface area contributed by atoms with Gasteiger partial charge in [0.2, 0.25) is 0 Å². The summed E-state index contributed by atoms with van der Waals surface area (Å²) in [6, 6.07) is 3.44. The van der Waals surface area contributed by atoms with Crippen LogP contribution in [-0.2, 0) is 0 Å². The Bertz CT molecular complexity index is 336. The number of nitriles is 1. The highest BCUT2D eigenvalue weighted by Gasteiger charge is 2.42. The fraction of sp³-hybridized carbons (Fsp3) is 0.941. The van der Waals surface area contributed by atoms with Gasteiger partial charge in [-0.15, -0.1) is 0 Å².